The van der Waals surface area contributed by atoms with Gasteiger partial charge in [-0.3, -0.25) is 9.59 Å². The van der Waals surface area contributed by atoms with Crippen LogP contribution >= 0.6 is 0 Å². The molecule has 194 valence electrons. The first kappa shape index (κ1) is 24.2. The average Bonchev–Trinajstić information content (AvgIpc) is 3.73. The van der Waals surface area contributed by atoms with Crippen molar-refractivity contribution in [2.75, 3.05) is 11.9 Å². The summed E-state index contributed by atoms with van der Waals surface area (Å²) in [4.78, 5) is 36.4. The molecule has 0 aliphatic carbocycles. The van der Waals surface area contributed by atoms with Gasteiger partial charge < -0.3 is 20.6 Å². The SMILES string of the molecule is Cc1[nH]c(/C=C2\C(=O)Nc3ccc(-c4cnn(-c5ccccc5)c4)cc32)c(C)c1C(=O)NCCc1ncc[nH]1. The van der Waals surface area contributed by atoms with E-state index < -0.39 is 0 Å². The summed E-state index contributed by atoms with van der Waals surface area (Å²) in [5, 5.41) is 10.4. The molecule has 0 saturated carbocycles. The molecule has 0 radical (unpaired) electrons. The highest BCUT2D eigenvalue weighted by molar-refractivity contribution is 6.35. The van der Waals surface area contributed by atoms with Crippen molar-refractivity contribution < 1.29 is 9.59 Å². The number of anilines is 1. The Morgan fingerprint density at radius 1 is 1.10 bits per heavy atom. The van der Waals surface area contributed by atoms with E-state index in [4.69, 9.17) is 0 Å². The summed E-state index contributed by atoms with van der Waals surface area (Å²) in [5.74, 6) is 0.477. The molecule has 5 aromatic rings. The van der Waals surface area contributed by atoms with E-state index in [9.17, 15) is 9.59 Å². The van der Waals surface area contributed by atoms with E-state index in [1.807, 2.05) is 85.5 Å². The number of carbonyl (C=O) groups is 2. The highest BCUT2D eigenvalue weighted by atomic mass is 16.2. The fourth-order valence-corrected chi connectivity index (χ4v) is 4.93. The zero-order chi connectivity index (χ0) is 26.9. The molecule has 2 amide bonds. The standard InChI is InChI=1S/C30H27N7O2/c1-18-26(35-19(2)28(18)30(39)33-11-10-27-31-12-13-32-27)15-24-23-14-20(8-9-25(23)36-29(24)38)21-16-34-37(17-21)22-6-4-3-5-7-22/h3-9,12-17,35H,10-11H2,1-2H3,(H,31,32)(H,33,39)(H,36,38)/b24-15-. The van der Waals surface area contributed by atoms with Gasteiger partial charge in [-0.2, -0.15) is 5.10 Å². The predicted molar refractivity (Wildman–Crippen MR) is 150 cm³/mol. The van der Waals surface area contributed by atoms with Crippen LogP contribution in [0.15, 0.2) is 73.3 Å². The number of fused-ring (bicyclic) bond motifs is 1. The van der Waals surface area contributed by atoms with E-state index in [0.29, 0.717) is 24.1 Å². The number of imidazole rings is 1. The van der Waals surface area contributed by atoms with Crippen molar-refractivity contribution in [2.24, 2.45) is 0 Å². The van der Waals surface area contributed by atoms with Crippen LogP contribution in [0.4, 0.5) is 5.69 Å². The number of hydrogen-bond donors (Lipinski definition) is 4. The van der Waals surface area contributed by atoms with Gasteiger partial charge in [0.15, 0.2) is 0 Å². The van der Waals surface area contributed by atoms with Crippen LogP contribution in [-0.2, 0) is 11.2 Å². The van der Waals surface area contributed by atoms with Gasteiger partial charge in [0.25, 0.3) is 11.8 Å². The topological polar surface area (TPSA) is 120 Å². The van der Waals surface area contributed by atoms with Crippen LogP contribution in [0, 0.1) is 13.8 Å². The maximum atomic E-state index is 13.0. The zero-order valence-electron chi connectivity index (χ0n) is 21.6. The Bertz CT molecular complexity index is 1710. The summed E-state index contributed by atoms with van der Waals surface area (Å²) >= 11 is 0. The molecule has 2 aromatic carbocycles. The number of aromatic amines is 2. The third-order valence-electron chi connectivity index (χ3n) is 6.93. The molecule has 1 aliphatic heterocycles. The van der Waals surface area contributed by atoms with Crippen LogP contribution in [0.5, 0.6) is 0 Å². The average molecular weight is 518 g/mol. The molecule has 4 heterocycles. The molecule has 0 spiro atoms. The van der Waals surface area contributed by atoms with Crippen LogP contribution in [0.1, 0.15) is 38.7 Å². The molecule has 9 nitrogen and oxygen atoms in total. The Hall–Kier alpha value is -5.18. The van der Waals surface area contributed by atoms with E-state index in [-0.39, 0.29) is 11.8 Å². The first-order chi connectivity index (χ1) is 19.0. The Morgan fingerprint density at radius 2 is 1.95 bits per heavy atom. The Morgan fingerprint density at radius 3 is 2.74 bits per heavy atom. The Balaban J connectivity index is 1.27. The number of amides is 2. The van der Waals surface area contributed by atoms with E-state index in [0.717, 1.165) is 50.8 Å². The lowest BCUT2D eigenvalue weighted by Crippen LogP contribution is -2.26. The lowest BCUT2D eigenvalue weighted by molar-refractivity contribution is -0.110. The summed E-state index contributed by atoms with van der Waals surface area (Å²) in [5.41, 5.74) is 7.81. The quantitative estimate of drug-likeness (QED) is 0.234. The number of para-hydroxylation sites is 1. The minimum atomic E-state index is -0.182. The van der Waals surface area contributed by atoms with Gasteiger partial charge in [0, 0.05) is 59.8 Å². The van der Waals surface area contributed by atoms with Crippen molar-refractivity contribution in [3.05, 3.63) is 107 Å². The molecule has 0 bridgehead atoms. The molecule has 0 unspecified atom stereocenters. The number of H-pyrrole nitrogens is 2. The number of benzene rings is 2. The maximum absolute atomic E-state index is 13.0. The van der Waals surface area contributed by atoms with Crippen molar-refractivity contribution in [3.8, 4) is 16.8 Å². The van der Waals surface area contributed by atoms with Crippen LogP contribution in [0.25, 0.3) is 28.5 Å². The summed E-state index contributed by atoms with van der Waals surface area (Å²) < 4.78 is 1.83. The van der Waals surface area contributed by atoms with Gasteiger partial charge in [0.1, 0.15) is 5.82 Å². The molecular weight excluding hydrogens is 490 g/mol. The van der Waals surface area contributed by atoms with Gasteiger partial charge in [-0.15, -0.1) is 0 Å². The van der Waals surface area contributed by atoms with Gasteiger partial charge in [-0.25, -0.2) is 9.67 Å². The monoisotopic (exact) mass is 517 g/mol. The molecule has 0 atom stereocenters. The molecule has 4 N–H and O–H groups in total. The summed E-state index contributed by atoms with van der Waals surface area (Å²) in [6, 6.07) is 15.8. The molecule has 0 saturated heterocycles. The molecule has 9 heteroatoms. The maximum Gasteiger partial charge on any atom is 0.256 e. The summed E-state index contributed by atoms with van der Waals surface area (Å²) in [7, 11) is 0. The van der Waals surface area contributed by atoms with Crippen LogP contribution in [0.2, 0.25) is 0 Å². The smallest absolute Gasteiger partial charge is 0.256 e. The fourth-order valence-electron chi connectivity index (χ4n) is 4.93. The zero-order valence-corrected chi connectivity index (χ0v) is 21.6. The molecular formula is C30H27N7O2. The van der Waals surface area contributed by atoms with Crippen LogP contribution < -0.4 is 10.6 Å². The lowest BCUT2D eigenvalue weighted by Gasteiger charge is -2.05. The highest BCUT2D eigenvalue weighted by Crippen LogP contribution is 2.37. The van der Waals surface area contributed by atoms with Gasteiger partial charge in [0.05, 0.1) is 23.0 Å². The number of nitrogens with zero attached hydrogens (tertiary/aromatic N) is 3. The van der Waals surface area contributed by atoms with Crippen LogP contribution in [-0.4, -0.2) is 43.1 Å². The van der Waals surface area contributed by atoms with Crippen molar-refractivity contribution in [1.29, 1.82) is 0 Å². The first-order valence-electron chi connectivity index (χ1n) is 12.7. The second kappa shape index (κ2) is 9.94. The van der Waals surface area contributed by atoms with Gasteiger partial charge >= 0.3 is 0 Å². The van der Waals surface area contributed by atoms with Gasteiger partial charge in [-0.05, 0) is 55.3 Å². The van der Waals surface area contributed by atoms with E-state index >= 15 is 0 Å². The minimum absolute atomic E-state index is 0.161. The lowest BCUT2D eigenvalue weighted by atomic mass is 10.00. The highest BCUT2D eigenvalue weighted by Gasteiger charge is 2.26. The van der Waals surface area contributed by atoms with E-state index in [2.05, 4.69) is 30.7 Å². The molecule has 6 rings (SSSR count). The second-order valence-electron chi connectivity index (χ2n) is 9.49. The third kappa shape index (κ3) is 4.66. The predicted octanol–water partition coefficient (Wildman–Crippen LogP) is 4.67. The van der Waals surface area contributed by atoms with Crippen molar-refractivity contribution in [3.63, 3.8) is 0 Å². The second-order valence-corrected chi connectivity index (χ2v) is 9.49. The minimum Gasteiger partial charge on any atom is -0.358 e. The van der Waals surface area contributed by atoms with Crippen LogP contribution in [0.3, 0.4) is 0 Å². The molecule has 39 heavy (non-hydrogen) atoms. The molecule has 0 fully saturated rings. The van der Waals surface area contributed by atoms with Gasteiger partial charge in [0.2, 0.25) is 0 Å². The van der Waals surface area contributed by atoms with Crippen molar-refractivity contribution in [2.45, 2.75) is 20.3 Å². The fraction of sp³-hybridized carbons (Fsp3) is 0.133. The summed E-state index contributed by atoms with van der Waals surface area (Å²) in [6.45, 7) is 4.22. The first-order valence-corrected chi connectivity index (χ1v) is 12.7. The molecule has 1 aliphatic rings. The number of rotatable bonds is 7. The number of hydrogen-bond acceptors (Lipinski definition) is 4. The Kier molecular flexibility index (Phi) is 6.16. The van der Waals surface area contributed by atoms with Crippen molar-refractivity contribution in [1.82, 2.24) is 30.0 Å². The third-order valence-corrected chi connectivity index (χ3v) is 6.93. The summed E-state index contributed by atoms with van der Waals surface area (Å²) in [6.07, 6.45) is 9.67. The molecule has 3 aromatic heterocycles. The van der Waals surface area contributed by atoms with Gasteiger partial charge in [-0.1, -0.05) is 24.3 Å². The van der Waals surface area contributed by atoms with E-state index in [1.165, 1.54) is 0 Å². The Labute approximate surface area is 225 Å². The number of aryl methyl sites for hydroxylation is 1. The van der Waals surface area contributed by atoms with E-state index in [1.54, 1.807) is 12.4 Å². The largest absolute Gasteiger partial charge is 0.358 e. The number of nitrogens with one attached hydrogen (secondary N) is 4. The van der Waals surface area contributed by atoms with Crippen molar-refractivity contribution >= 4 is 29.2 Å². The number of carbonyl (C=O) groups excluding carboxylic acids is 2. The number of aromatic nitrogens is 5. The normalized spacial score (nSPS) is 13.5.